The van der Waals surface area contributed by atoms with Crippen LogP contribution in [0.4, 0.5) is 0 Å². The molecule has 0 fully saturated rings. The fraction of sp³-hybridized carbons (Fsp3) is 0.294. The van der Waals surface area contributed by atoms with Gasteiger partial charge in [0.05, 0.1) is 5.02 Å². The smallest absolute Gasteiger partial charge is 0.231 e. The molecule has 110 valence electrons. The summed E-state index contributed by atoms with van der Waals surface area (Å²) in [5, 5.41) is 4.12. The van der Waals surface area contributed by atoms with Crippen LogP contribution in [0.2, 0.25) is 5.02 Å². The van der Waals surface area contributed by atoms with E-state index in [9.17, 15) is 0 Å². The zero-order valence-corrected chi connectivity index (χ0v) is 12.7. The summed E-state index contributed by atoms with van der Waals surface area (Å²) in [6.45, 7) is 3.18. The highest BCUT2D eigenvalue weighted by Crippen LogP contribution is 2.39. The molecule has 0 bridgehead atoms. The van der Waals surface area contributed by atoms with Crippen LogP contribution in [-0.4, -0.2) is 12.8 Å². The van der Waals surface area contributed by atoms with Crippen molar-refractivity contribution in [2.24, 2.45) is 0 Å². The first-order valence-corrected chi connectivity index (χ1v) is 7.45. The van der Waals surface area contributed by atoms with Gasteiger partial charge in [0.15, 0.2) is 11.5 Å². The monoisotopic (exact) mass is 303 g/mol. The van der Waals surface area contributed by atoms with Gasteiger partial charge in [0.2, 0.25) is 6.79 Å². The molecule has 0 aliphatic carbocycles. The molecule has 1 unspecified atom stereocenters. The van der Waals surface area contributed by atoms with Crippen LogP contribution in [0.1, 0.15) is 18.1 Å². The molecule has 1 aliphatic rings. The predicted molar refractivity (Wildman–Crippen MR) is 84.0 cm³/mol. The maximum atomic E-state index is 6.19. The van der Waals surface area contributed by atoms with E-state index in [2.05, 4.69) is 36.5 Å². The second-order valence-corrected chi connectivity index (χ2v) is 5.69. The van der Waals surface area contributed by atoms with Crippen LogP contribution in [-0.2, 0) is 13.0 Å². The van der Waals surface area contributed by atoms with Crippen LogP contribution >= 0.6 is 11.6 Å². The highest BCUT2D eigenvalue weighted by molar-refractivity contribution is 6.32. The Bertz CT molecular complexity index is 616. The molecule has 2 aromatic rings. The zero-order chi connectivity index (χ0) is 14.7. The van der Waals surface area contributed by atoms with E-state index in [-0.39, 0.29) is 6.79 Å². The number of ether oxygens (including phenoxy) is 2. The van der Waals surface area contributed by atoms with Crippen molar-refractivity contribution in [3.8, 4) is 11.5 Å². The standard InChI is InChI=1S/C17H18ClNO2/c1-12(7-13-5-3-2-4-6-13)19-10-14-8-15(18)17-16(9-14)20-11-21-17/h2-6,8-9,12,19H,7,10-11H2,1H3. The van der Waals surface area contributed by atoms with Crippen LogP contribution in [0, 0.1) is 0 Å². The summed E-state index contributed by atoms with van der Waals surface area (Å²) in [6, 6.07) is 14.8. The molecule has 1 aliphatic heterocycles. The van der Waals surface area contributed by atoms with Crippen LogP contribution in [0.15, 0.2) is 42.5 Å². The number of benzene rings is 2. The van der Waals surface area contributed by atoms with Gasteiger partial charge >= 0.3 is 0 Å². The topological polar surface area (TPSA) is 30.5 Å². The predicted octanol–water partition coefficient (Wildman–Crippen LogP) is 3.79. The quantitative estimate of drug-likeness (QED) is 0.911. The van der Waals surface area contributed by atoms with Crippen molar-refractivity contribution in [2.45, 2.75) is 25.9 Å². The van der Waals surface area contributed by atoms with Gasteiger partial charge in [-0.3, -0.25) is 0 Å². The first kappa shape index (κ1) is 14.2. The maximum absolute atomic E-state index is 6.19. The molecule has 0 saturated heterocycles. The molecule has 1 heterocycles. The van der Waals surface area contributed by atoms with E-state index in [0.29, 0.717) is 16.8 Å². The Hall–Kier alpha value is -1.71. The average Bonchev–Trinajstić information content (AvgIpc) is 2.95. The Morgan fingerprint density at radius 2 is 1.95 bits per heavy atom. The highest BCUT2D eigenvalue weighted by Gasteiger charge is 2.18. The van der Waals surface area contributed by atoms with E-state index in [1.165, 1.54) is 5.56 Å². The largest absolute Gasteiger partial charge is 0.454 e. The van der Waals surface area contributed by atoms with Crippen LogP contribution in [0.5, 0.6) is 11.5 Å². The summed E-state index contributed by atoms with van der Waals surface area (Å²) in [5.41, 5.74) is 2.44. The van der Waals surface area contributed by atoms with E-state index in [4.69, 9.17) is 21.1 Å². The number of rotatable bonds is 5. The molecule has 1 N–H and O–H groups in total. The van der Waals surface area contributed by atoms with Crippen molar-refractivity contribution >= 4 is 11.6 Å². The third-order valence-corrected chi connectivity index (χ3v) is 3.81. The van der Waals surface area contributed by atoms with Crippen molar-refractivity contribution in [1.82, 2.24) is 5.32 Å². The lowest BCUT2D eigenvalue weighted by Gasteiger charge is -2.14. The number of hydrogen-bond donors (Lipinski definition) is 1. The fourth-order valence-corrected chi connectivity index (χ4v) is 2.74. The molecule has 0 radical (unpaired) electrons. The molecule has 4 heteroatoms. The lowest BCUT2D eigenvalue weighted by molar-refractivity contribution is 0.174. The van der Waals surface area contributed by atoms with Crippen molar-refractivity contribution in [2.75, 3.05) is 6.79 Å². The van der Waals surface area contributed by atoms with Crippen LogP contribution in [0.3, 0.4) is 0 Å². The van der Waals surface area contributed by atoms with Gasteiger partial charge in [0, 0.05) is 12.6 Å². The Kier molecular flexibility index (Phi) is 4.32. The SMILES string of the molecule is CC(Cc1ccccc1)NCc1cc(Cl)c2c(c1)OCO2. The molecule has 1 atom stereocenters. The van der Waals surface area contributed by atoms with Gasteiger partial charge in [-0.05, 0) is 36.6 Å². The lowest BCUT2D eigenvalue weighted by atomic mass is 10.1. The molecule has 3 nitrogen and oxygen atoms in total. The number of nitrogens with one attached hydrogen (secondary N) is 1. The third-order valence-electron chi connectivity index (χ3n) is 3.53. The van der Waals surface area contributed by atoms with Crippen molar-refractivity contribution < 1.29 is 9.47 Å². The van der Waals surface area contributed by atoms with Crippen molar-refractivity contribution in [3.63, 3.8) is 0 Å². The molecule has 3 rings (SSSR count). The van der Waals surface area contributed by atoms with Gasteiger partial charge in [0.25, 0.3) is 0 Å². The summed E-state index contributed by atoms with van der Waals surface area (Å²) in [6.07, 6.45) is 0.999. The van der Waals surface area contributed by atoms with Crippen molar-refractivity contribution in [3.05, 3.63) is 58.6 Å². The minimum atomic E-state index is 0.246. The minimum absolute atomic E-state index is 0.246. The third kappa shape index (κ3) is 3.49. The normalized spacial score (nSPS) is 14.2. The molecule has 0 amide bonds. The fourth-order valence-electron chi connectivity index (χ4n) is 2.45. The highest BCUT2D eigenvalue weighted by atomic mass is 35.5. The van der Waals surface area contributed by atoms with Gasteiger partial charge in [-0.25, -0.2) is 0 Å². The van der Waals surface area contributed by atoms with E-state index in [1.54, 1.807) is 0 Å². The Morgan fingerprint density at radius 3 is 2.76 bits per heavy atom. The second-order valence-electron chi connectivity index (χ2n) is 5.28. The first-order chi connectivity index (χ1) is 10.2. The molecule has 0 saturated carbocycles. The molecule has 0 spiro atoms. The van der Waals surface area contributed by atoms with E-state index >= 15 is 0 Å². The van der Waals surface area contributed by atoms with Crippen molar-refractivity contribution in [1.29, 1.82) is 0 Å². The van der Waals surface area contributed by atoms with Gasteiger partial charge in [-0.1, -0.05) is 41.9 Å². The molecular formula is C17H18ClNO2. The van der Waals surface area contributed by atoms with Crippen LogP contribution in [0.25, 0.3) is 0 Å². The average molecular weight is 304 g/mol. The molecule has 0 aromatic heterocycles. The maximum Gasteiger partial charge on any atom is 0.231 e. The van der Waals surface area contributed by atoms with Gasteiger partial charge in [-0.2, -0.15) is 0 Å². The summed E-state index contributed by atoms with van der Waals surface area (Å²) in [4.78, 5) is 0. The first-order valence-electron chi connectivity index (χ1n) is 7.07. The Morgan fingerprint density at radius 1 is 1.14 bits per heavy atom. The summed E-state index contributed by atoms with van der Waals surface area (Å²) >= 11 is 6.19. The van der Waals surface area contributed by atoms with Gasteiger partial charge in [-0.15, -0.1) is 0 Å². The molecular weight excluding hydrogens is 286 g/mol. The molecule has 2 aromatic carbocycles. The van der Waals surface area contributed by atoms with Crippen LogP contribution < -0.4 is 14.8 Å². The summed E-state index contributed by atoms with van der Waals surface area (Å²) < 4.78 is 10.7. The summed E-state index contributed by atoms with van der Waals surface area (Å²) in [7, 11) is 0. The van der Waals surface area contributed by atoms with Gasteiger partial charge in [0.1, 0.15) is 0 Å². The van der Waals surface area contributed by atoms with E-state index in [0.717, 1.165) is 24.3 Å². The zero-order valence-electron chi connectivity index (χ0n) is 11.9. The lowest BCUT2D eigenvalue weighted by Crippen LogP contribution is -2.27. The minimum Gasteiger partial charge on any atom is -0.454 e. The number of fused-ring (bicyclic) bond motifs is 1. The number of hydrogen-bond acceptors (Lipinski definition) is 3. The second kappa shape index (κ2) is 6.37. The Labute approximate surface area is 129 Å². The van der Waals surface area contributed by atoms with E-state index < -0.39 is 0 Å². The summed E-state index contributed by atoms with van der Waals surface area (Å²) in [5.74, 6) is 1.38. The number of halogens is 1. The van der Waals surface area contributed by atoms with E-state index in [1.807, 2.05) is 18.2 Å². The Balaban J connectivity index is 1.59. The van der Waals surface area contributed by atoms with Gasteiger partial charge < -0.3 is 14.8 Å². The molecule has 21 heavy (non-hydrogen) atoms.